The summed E-state index contributed by atoms with van der Waals surface area (Å²) in [7, 11) is 3.45. The molecule has 1 unspecified atom stereocenters. The van der Waals surface area contributed by atoms with Crippen LogP contribution in [0.15, 0.2) is 18.2 Å². The van der Waals surface area contributed by atoms with Crippen LogP contribution in [-0.2, 0) is 11.2 Å². The van der Waals surface area contributed by atoms with E-state index in [1.807, 2.05) is 12.1 Å². The highest BCUT2D eigenvalue weighted by molar-refractivity contribution is 5.91. The minimum absolute atomic E-state index is 0.0825. The lowest BCUT2D eigenvalue weighted by Gasteiger charge is -2.22. The van der Waals surface area contributed by atoms with E-state index in [9.17, 15) is 4.79 Å². The van der Waals surface area contributed by atoms with Gasteiger partial charge in [-0.2, -0.15) is 0 Å². The van der Waals surface area contributed by atoms with Gasteiger partial charge in [-0.3, -0.25) is 9.69 Å². The van der Waals surface area contributed by atoms with Crippen molar-refractivity contribution in [3.05, 3.63) is 29.6 Å². The molecule has 6 heteroatoms. The second-order valence-corrected chi connectivity index (χ2v) is 5.88. The van der Waals surface area contributed by atoms with Gasteiger partial charge >= 0.3 is 0 Å². The van der Waals surface area contributed by atoms with Crippen LogP contribution in [0.2, 0.25) is 0 Å². The Bertz CT molecular complexity index is 493. The zero-order chi connectivity index (χ0) is 15.9. The van der Waals surface area contributed by atoms with E-state index in [0.29, 0.717) is 31.4 Å². The largest absolute Gasteiger partial charge is 0.395 e. The van der Waals surface area contributed by atoms with Crippen LogP contribution in [0, 0.1) is 5.92 Å². The van der Waals surface area contributed by atoms with E-state index in [0.717, 1.165) is 25.2 Å². The van der Waals surface area contributed by atoms with Crippen LogP contribution in [0.25, 0.3) is 0 Å². The highest BCUT2D eigenvalue weighted by atomic mass is 16.5. The Morgan fingerprint density at radius 2 is 2.32 bits per heavy atom. The molecule has 1 aromatic rings. The van der Waals surface area contributed by atoms with Crippen molar-refractivity contribution >= 4 is 5.91 Å². The average Bonchev–Trinajstić information content (AvgIpc) is 2.72. The van der Waals surface area contributed by atoms with E-state index < -0.39 is 0 Å². The quantitative estimate of drug-likeness (QED) is 0.846. The summed E-state index contributed by atoms with van der Waals surface area (Å²) in [5.74, 6) is 0.243. The van der Waals surface area contributed by atoms with E-state index >= 15 is 0 Å². The zero-order valence-electron chi connectivity index (χ0n) is 13.4. The molecule has 0 radical (unpaired) electrons. The molecule has 1 amide bonds. The van der Waals surface area contributed by atoms with Crippen LogP contribution in [0.1, 0.15) is 16.2 Å². The Balaban J connectivity index is 2.02. The molecule has 0 bridgehead atoms. The van der Waals surface area contributed by atoms with Gasteiger partial charge in [-0.05, 0) is 18.6 Å². The summed E-state index contributed by atoms with van der Waals surface area (Å²) in [6.45, 7) is 3.96. The number of aliphatic hydroxyl groups excluding tert-OH is 1. The number of aromatic nitrogens is 1. The van der Waals surface area contributed by atoms with Gasteiger partial charge in [0.25, 0.3) is 5.91 Å². The first-order valence-electron chi connectivity index (χ1n) is 7.68. The van der Waals surface area contributed by atoms with Gasteiger partial charge in [0, 0.05) is 45.3 Å². The lowest BCUT2D eigenvalue weighted by atomic mass is 10.0. The third-order valence-electron chi connectivity index (χ3n) is 3.77. The predicted octanol–water partition coefficient (Wildman–Crippen LogP) is 0.267. The van der Waals surface area contributed by atoms with E-state index in [1.54, 1.807) is 20.2 Å². The molecule has 1 aromatic heterocycles. The Morgan fingerprint density at radius 3 is 3.05 bits per heavy atom. The fourth-order valence-corrected chi connectivity index (χ4v) is 2.66. The van der Waals surface area contributed by atoms with Crippen LogP contribution in [0.4, 0.5) is 0 Å². The van der Waals surface area contributed by atoms with Crippen molar-refractivity contribution in [3.8, 4) is 0 Å². The second-order valence-electron chi connectivity index (χ2n) is 5.88. The Hall–Kier alpha value is -1.50. The molecule has 0 saturated carbocycles. The summed E-state index contributed by atoms with van der Waals surface area (Å²) in [6, 6.07) is 5.57. The monoisotopic (exact) mass is 307 g/mol. The van der Waals surface area contributed by atoms with Gasteiger partial charge in [0.1, 0.15) is 5.69 Å². The molecule has 1 atom stereocenters. The van der Waals surface area contributed by atoms with E-state index in [4.69, 9.17) is 9.84 Å². The molecule has 1 N–H and O–H groups in total. The van der Waals surface area contributed by atoms with Gasteiger partial charge in [0.15, 0.2) is 0 Å². The van der Waals surface area contributed by atoms with E-state index in [1.165, 1.54) is 4.90 Å². The van der Waals surface area contributed by atoms with Crippen LogP contribution in [0.3, 0.4) is 0 Å². The van der Waals surface area contributed by atoms with E-state index in [-0.39, 0.29) is 12.5 Å². The summed E-state index contributed by atoms with van der Waals surface area (Å²) in [4.78, 5) is 20.2. The normalized spacial score (nSPS) is 19.7. The lowest BCUT2D eigenvalue weighted by molar-refractivity contribution is 0.0821. The SMILES string of the molecule is CN(C)C(=O)c1cccc(CC2COCCN(CCO)C2)n1. The predicted molar refractivity (Wildman–Crippen MR) is 83.8 cm³/mol. The number of ether oxygens (including phenoxy) is 1. The fourth-order valence-electron chi connectivity index (χ4n) is 2.66. The molecule has 122 valence electrons. The first kappa shape index (κ1) is 16.9. The minimum Gasteiger partial charge on any atom is -0.395 e. The molecule has 0 spiro atoms. The zero-order valence-corrected chi connectivity index (χ0v) is 13.4. The molecular formula is C16H25N3O3. The maximum atomic E-state index is 12.0. The number of rotatable bonds is 5. The maximum Gasteiger partial charge on any atom is 0.271 e. The van der Waals surface area contributed by atoms with Crippen LogP contribution in [0.5, 0.6) is 0 Å². The van der Waals surface area contributed by atoms with Crippen molar-refractivity contribution in [2.45, 2.75) is 6.42 Å². The number of nitrogens with zero attached hydrogens (tertiary/aromatic N) is 3. The fraction of sp³-hybridized carbons (Fsp3) is 0.625. The van der Waals surface area contributed by atoms with Crippen molar-refractivity contribution < 1.29 is 14.6 Å². The van der Waals surface area contributed by atoms with Crippen molar-refractivity contribution in [3.63, 3.8) is 0 Å². The van der Waals surface area contributed by atoms with Gasteiger partial charge in [0.05, 0.1) is 19.8 Å². The number of pyridine rings is 1. The summed E-state index contributed by atoms with van der Waals surface area (Å²) in [5.41, 5.74) is 1.39. The summed E-state index contributed by atoms with van der Waals surface area (Å²) in [6.07, 6.45) is 0.774. The van der Waals surface area contributed by atoms with Crippen LogP contribution < -0.4 is 0 Å². The third kappa shape index (κ3) is 4.76. The first-order valence-corrected chi connectivity index (χ1v) is 7.68. The van der Waals surface area contributed by atoms with Crippen molar-refractivity contribution in [1.29, 1.82) is 0 Å². The number of carbonyl (C=O) groups excluding carboxylic acids is 1. The van der Waals surface area contributed by atoms with Crippen molar-refractivity contribution in [2.75, 3.05) is 53.6 Å². The number of hydrogen-bond acceptors (Lipinski definition) is 5. The summed E-state index contributed by atoms with van der Waals surface area (Å²) in [5, 5.41) is 9.10. The Labute approximate surface area is 131 Å². The number of β-amino-alcohol motifs (C(OH)–C–C–N with tert-alkyl or cyclic N) is 1. The summed E-state index contributed by atoms with van der Waals surface area (Å²) >= 11 is 0. The summed E-state index contributed by atoms with van der Waals surface area (Å²) < 4.78 is 5.65. The van der Waals surface area contributed by atoms with Crippen LogP contribution >= 0.6 is 0 Å². The standard InChI is InChI=1S/C16H25N3O3/c1-18(2)16(21)15-5-3-4-14(17-15)10-13-11-19(6-8-20)7-9-22-12-13/h3-5,13,20H,6-12H2,1-2H3. The third-order valence-corrected chi connectivity index (χ3v) is 3.77. The second kappa shape index (κ2) is 8.22. The van der Waals surface area contributed by atoms with Gasteiger partial charge in [0.2, 0.25) is 0 Å². The molecule has 1 fully saturated rings. The topological polar surface area (TPSA) is 65.9 Å². The van der Waals surface area contributed by atoms with Gasteiger partial charge in [-0.25, -0.2) is 4.98 Å². The highest BCUT2D eigenvalue weighted by Gasteiger charge is 2.20. The minimum atomic E-state index is -0.0825. The molecule has 2 rings (SSSR count). The van der Waals surface area contributed by atoms with Gasteiger partial charge < -0.3 is 14.7 Å². The molecule has 1 saturated heterocycles. The molecule has 0 aromatic carbocycles. The van der Waals surface area contributed by atoms with Crippen LogP contribution in [-0.4, -0.2) is 79.3 Å². The molecule has 0 aliphatic carbocycles. The lowest BCUT2D eigenvalue weighted by Crippen LogP contribution is -2.33. The van der Waals surface area contributed by atoms with Gasteiger partial charge in [-0.15, -0.1) is 0 Å². The Kier molecular flexibility index (Phi) is 6.30. The average molecular weight is 307 g/mol. The Morgan fingerprint density at radius 1 is 1.50 bits per heavy atom. The smallest absolute Gasteiger partial charge is 0.271 e. The number of amides is 1. The number of aliphatic hydroxyl groups is 1. The molecule has 22 heavy (non-hydrogen) atoms. The number of hydrogen-bond donors (Lipinski definition) is 1. The van der Waals surface area contributed by atoms with Gasteiger partial charge in [-0.1, -0.05) is 6.07 Å². The molecule has 2 heterocycles. The maximum absolute atomic E-state index is 12.0. The van der Waals surface area contributed by atoms with Crippen molar-refractivity contribution in [1.82, 2.24) is 14.8 Å². The first-order chi connectivity index (χ1) is 10.6. The highest BCUT2D eigenvalue weighted by Crippen LogP contribution is 2.13. The molecule has 1 aliphatic heterocycles. The van der Waals surface area contributed by atoms with E-state index in [2.05, 4.69) is 9.88 Å². The molecular weight excluding hydrogens is 282 g/mol. The number of carbonyl (C=O) groups is 1. The molecule has 1 aliphatic rings. The van der Waals surface area contributed by atoms with Crippen molar-refractivity contribution in [2.24, 2.45) is 5.92 Å². The molecule has 6 nitrogen and oxygen atoms in total.